The Labute approximate surface area is 173 Å². The van der Waals surface area contributed by atoms with Gasteiger partial charge in [0.15, 0.2) is 0 Å². The average Bonchev–Trinajstić information content (AvgIpc) is 3.27. The molecule has 0 unspecified atom stereocenters. The first-order chi connectivity index (χ1) is 13.8. The minimum Gasteiger partial charge on any atom is -0.388 e. The van der Waals surface area contributed by atoms with Gasteiger partial charge in [-0.05, 0) is 6.42 Å². The summed E-state index contributed by atoms with van der Waals surface area (Å²) >= 11 is 0. The molecule has 4 atom stereocenters. The van der Waals surface area contributed by atoms with Crippen LogP contribution in [-0.4, -0.2) is 49.3 Å². The van der Waals surface area contributed by atoms with Gasteiger partial charge in [0.2, 0.25) is 0 Å². The molecule has 4 heteroatoms. The predicted molar refractivity (Wildman–Crippen MR) is 115 cm³/mol. The number of ether oxygens (including phenoxy) is 3. The highest BCUT2D eigenvalue weighted by Gasteiger charge is 2.47. The normalized spacial score (nSPS) is 26.8. The molecule has 0 radical (unpaired) electrons. The van der Waals surface area contributed by atoms with Crippen molar-refractivity contribution in [3.8, 4) is 0 Å². The Hall–Kier alpha value is -0.160. The monoisotopic (exact) mass is 398 g/mol. The molecule has 0 aromatic rings. The van der Waals surface area contributed by atoms with Crippen molar-refractivity contribution in [2.24, 2.45) is 0 Å². The Balaban J connectivity index is 1.26. The first kappa shape index (κ1) is 24.1. The zero-order chi connectivity index (χ0) is 19.9. The summed E-state index contributed by atoms with van der Waals surface area (Å²) in [6.45, 7) is 4.02. The van der Waals surface area contributed by atoms with Crippen molar-refractivity contribution < 1.29 is 19.3 Å². The highest BCUT2D eigenvalue weighted by Crippen LogP contribution is 2.28. The van der Waals surface area contributed by atoms with Crippen molar-refractivity contribution in [1.82, 2.24) is 0 Å². The van der Waals surface area contributed by atoms with E-state index in [2.05, 4.69) is 6.92 Å². The molecule has 166 valence electrons. The van der Waals surface area contributed by atoms with Crippen LogP contribution in [0.15, 0.2) is 0 Å². The van der Waals surface area contributed by atoms with Gasteiger partial charge in [-0.3, -0.25) is 0 Å². The van der Waals surface area contributed by atoms with Crippen molar-refractivity contribution in [2.45, 2.75) is 134 Å². The largest absolute Gasteiger partial charge is 0.388 e. The molecular weight excluding hydrogens is 352 g/mol. The van der Waals surface area contributed by atoms with Gasteiger partial charge in [-0.2, -0.15) is 0 Å². The van der Waals surface area contributed by atoms with Gasteiger partial charge in [0.1, 0.15) is 24.4 Å². The minimum absolute atomic E-state index is 0.0125. The minimum atomic E-state index is -0.478. The maximum Gasteiger partial charge on any atom is 0.115 e. The lowest BCUT2D eigenvalue weighted by Gasteiger charge is -2.16. The summed E-state index contributed by atoms with van der Waals surface area (Å²) in [5.41, 5.74) is 0. The molecule has 0 aromatic carbocycles. The molecule has 0 aromatic heterocycles. The lowest BCUT2D eigenvalue weighted by Crippen LogP contribution is -2.33. The van der Waals surface area contributed by atoms with Crippen LogP contribution >= 0.6 is 0 Å². The molecule has 2 heterocycles. The SMILES string of the molecule is CCCCCCCCCCCCCCCCCCO[C@@H]1CO[C@H]2[C@@H]1OC[C@@H]2O. The van der Waals surface area contributed by atoms with Gasteiger partial charge in [0.25, 0.3) is 0 Å². The van der Waals surface area contributed by atoms with Crippen LogP contribution < -0.4 is 0 Å². The van der Waals surface area contributed by atoms with Crippen LogP contribution in [-0.2, 0) is 14.2 Å². The molecule has 0 aliphatic carbocycles. The van der Waals surface area contributed by atoms with E-state index in [1.807, 2.05) is 0 Å². The number of aliphatic hydroxyl groups is 1. The fourth-order valence-corrected chi connectivity index (χ4v) is 4.47. The number of aliphatic hydroxyl groups excluding tert-OH is 1. The van der Waals surface area contributed by atoms with E-state index in [9.17, 15) is 5.11 Å². The zero-order valence-electron chi connectivity index (χ0n) is 18.4. The molecule has 2 aliphatic heterocycles. The highest BCUT2D eigenvalue weighted by atomic mass is 16.6. The van der Waals surface area contributed by atoms with Crippen molar-refractivity contribution in [1.29, 1.82) is 0 Å². The maximum atomic E-state index is 9.73. The van der Waals surface area contributed by atoms with E-state index in [0.29, 0.717) is 13.2 Å². The van der Waals surface area contributed by atoms with E-state index in [0.717, 1.165) is 13.0 Å². The summed E-state index contributed by atoms with van der Waals surface area (Å²) in [5.74, 6) is 0. The second-order valence-corrected chi connectivity index (χ2v) is 8.88. The first-order valence-corrected chi connectivity index (χ1v) is 12.4. The number of hydrogen-bond acceptors (Lipinski definition) is 4. The zero-order valence-corrected chi connectivity index (χ0v) is 18.4. The first-order valence-electron chi connectivity index (χ1n) is 12.4. The quantitative estimate of drug-likeness (QED) is 0.297. The average molecular weight is 399 g/mol. The van der Waals surface area contributed by atoms with Gasteiger partial charge >= 0.3 is 0 Å². The van der Waals surface area contributed by atoms with E-state index in [1.165, 1.54) is 96.3 Å². The fourth-order valence-electron chi connectivity index (χ4n) is 4.47. The lowest BCUT2D eigenvalue weighted by molar-refractivity contribution is -0.0378. The summed E-state index contributed by atoms with van der Waals surface area (Å²) in [6, 6.07) is 0. The van der Waals surface area contributed by atoms with Crippen LogP contribution in [0.3, 0.4) is 0 Å². The number of hydrogen-bond donors (Lipinski definition) is 1. The van der Waals surface area contributed by atoms with Crippen LogP contribution in [0.2, 0.25) is 0 Å². The van der Waals surface area contributed by atoms with Gasteiger partial charge in [-0.15, -0.1) is 0 Å². The van der Waals surface area contributed by atoms with Crippen LogP contribution in [0.5, 0.6) is 0 Å². The van der Waals surface area contributed by atoms with Crippen LogP contribution in [0.1, 0.15) is 110 Å². The molecule has 0 saturated carbocycles. The van der Waals surface area contributed by atoms with Crippen molar-refractivity contribution in [3.63, 3.8) is 0 Å². The second-order valence-electron chi connectivity index (χ2n) is 8.88. The topological polar surface area (TPSA) is 47.9 Å². The third-order valence-electron chi connectivity index (χ3n) is 6.31. The van der Waals surface area contributed by atoms with Crippen LogP contribution in [0, 0.1) is 0 Å². The van der Waals surface area contributed by atoms with Crippen LogP contribution in [0.25, 0.3) is 0 Å². The molecule has 2 fully saturated rings. The van der Waals surface area contributed by atoms with Gasteiger partial charge < -0.3 is 19.3 Å². The third-order valence-corrected chi connectivity index (χ3v) is 6.31. The Morgan fingerprint density at radius 2 is 1.11 bits per heavy atom. The molecule has 0 bridgehead atoms. The third kappa shape index (κ3) is 9.56. The number of fused-ring (bicyclic) bond motifs is 1. The molecule has 0 spiro atoms. The molecule has 1 N–H and O–H groups in total. The summed E-state index contributed by atoms with van der Waals surface area (Å²) in [7, 11) is 0. The van der Waals surface area contributed by atoms with E-state index < -0.39 is 6.10 Å². The summed E-state index contributed by atoms with van der Waals surface area (Å²) in [6.07, 6.45) is 21.5. The fraction of sp³-hybridized carbons (Fsp3) is 1.00. The van der Waals surface area contributed by atoms with Gasteiger partial charge in [0.05, 0.1) is 13.2 Å². The number of rotatable bonds is 18. The van der Waals surface area contributed by atoms with E-state index in [-0.39, 0.29) is 18.3 Å². The number of unbranched alkanes of at least 4 members (excludes halogenated alkanes) is 15. The van der Waals surface area contributed by atoms with Gasteiger partial charge in [-0.25, -0.2) is 0 Å². The van der Waals surface area contributed by atoms with Gasteiger partial charge in [-0.1, -0.05) is 103 Å². The van der Waals surface area contributed by atoms with E-state index in [4.69, 9.17) is 14.2 Å². The predicted octanol–water partition coefficient (Wildman–Crippen LogP) is 5.79. The molecule has 0 amide bonds. The summed E-state index contributed by atoms with van der Waals surface area (Å²) in [5, 5.41) is 9.73. The Bertz CT molecular complexity index is 363. The Morgan fingerprint density at radius 3 is 1.64 bits per heavy atom. The van der Waals surface area contributed by atoms with E-state index in [1.54, 1.807) is 0 Å². The van der Waals surface area contributed by atoms with Crippen LogP contribution in [0.4, 0.5) is 0 Å². The van der Waals surface area contributed by atoms with Gasteiger partial charge in [0, 0.05) is 6.61 Å². The van der Waals surface area contributed by atoms with Crippen molar-refractivity contribution in [3.05, 3.63) is 0 Å². The lowest BCUT2D eigenvalue weighted by atomic mass is 10.0. The Kier molecular flexibility index (Phi) is 13.5. The molecule has 2 rings (SSSR count). The van der Waals surface area contributed by atoms with Crippen molar-refractivity contribution >= 4 is 0 Å². The highest BCUT2D eigenvalue weighted by molar-refractivity contribution is 4.94. The molecular formula is C24H46O4. The summed E-state index contributed by atoms with van der Waals surface area (Å²) in [4.78, 5) is 0. The molecule has 2 aliphatic rings. The second kappa shape index (κ2) is 15.6. The van der Waals surface area contributed by atoms with E-state index >= 15 is 0 Å². The Morgan fingerprint density at radius 1 is 0.643 bits per heavy atom. The molecule has 4 nitrogen and oxygen atoms in total. The van der Waals surface area contributed by atoms with Crippen molar-refractivity contribution in [2.75, 3.05) is 19.8 Å². The summed E-state index contributed by atoms with van der Waals surface area (Å²) < 4.78 is 17.1. The maximum absolute atomic E-state index is 9.73. The smallest absolute Gasteiger partial charge is 0.115 e. The molecule has 2 saturated heterocycles. The molecule has 28 heavy (non-hydrogen) atoms. The standard InChI is InChI=1S/C24H46O4/c1-2-3-4-5-6-7-8-9-10-11-12-13-14-15-16-17-18-26-22-20-28-23-21(25)19-27-24(22)23/h21-25H,2-20H2,1H3/t21-,22+,23+,24+/m0/s1.